The molecule has 1 N–H and O–H groups in total. The molecule has 1 unspecified atom stereocenters. The van der Waals surface area contributed by atoms with Gasteiger partial charge in [-0.1, -0.05) is 10.6 Å². The first-order valence-corrected chi connectivity index (χ1v) is 5.09. The SMILES string of the molecule is CNC(c1cccnc1)c1csnn1. The van der Waals surface area contributed by atoms with Gasteiger partial charge in [0, 0.05) is 17.8 Å². The molecule has 0 amide bonds. The second-order valence-corrected chi connectivity index (χ2v) is 3.45. The van der Waals surface area contributed by atoms with Crippen LogP contribution in [0.5, 0.6) is 0 Å². The fourth-order valence-electron chi connectivity index (χ4n) is 1.33. The maximum absolute atomic E-state index is 4.08. The molecule has 72 valence electrons. The number of rotatable bonds is 3. The summed E-state index contributed by atoms with van der Waals surface area (Å²) in [6.45, 7) is 0. The van der Waals surface area contributed by atoms with E-state index in [0.29, 0.717) is 0 Å². The number of aromatic nitrogens is 3. The first-order chi connectivity index (χ1) is 6.92. The Bertz CT molecular complexity index is 373. The Kier molecular flexibility index (Phi) is 2.81. The summed E-state index contributed by atoms with van der Waals surface area (Å²) in [5.74, 6) is 0. The van der Waals surface area contributed by atoms with Crippen molar-refractivity contribution in [3.8, 4) is 0 Å². The van der Waals surface area contributed by atoms with Crippen molar-refractivity contribution in [1.29, 1.82) is 0 Å². The van der Waals surface area contributed by atoms with Gasteiger partial charge in [0.2, 0.25) is 0 Å². The van der Waals surface area contributed by atoms with E-state index in [4.69, 9.17) is 0 Å². The number of pyridine rings is 1. The highest BCUT2D eigenvalue weighted by Crippen LogP contribution is 2.18. The lowest BCUT2D eigenvalue weighted by molar-refractivity contribution is 0.665. The molecule has 0 saturated carbocycles. The maximum Gasteiger partial charge on any atom is 0.0970 e. The van der Waals surface area contributed by atoms with E-state index in [-0.39, 0.29) is 6.04 Å². The van der Waals surface area contributed by atoms with Gasteiger partial charge in [-0.15, -0.1) is 5.10 Å². The predicted molar refractivity (Wildman–Crippen MR) is 55.0 cm³/mol. The smallest absolute Gasteiger partial charge is 0.0970 e. The highest BCUT2D eigenvalue weighted by molar-refractivity contribution is 7.03. The second kappa shape index (κ2) is 4.26. The van der Waals surface area contributed by atoms with Crippen molar-refractivity contribution in [2.75, 3.05) is 7.05 Å². The van der Waals surface area contributed by atoms with E-state index in [1.807, 2.05) is 30.8 Å². The van der Waals surface area contributed by atoms with Crippen LogP contribution in [0.4, 0.5) is 0 Å². The first kappa shape index (κ1) is 9.23. The van der Waals surface area contributed by atoms with Gasteiger partial charge in [-0.25, -0.2) is 0 Å². The molecule has 1 atom stereocenters. The molecule has 0 aliphatic rings. The van der Waals surface area contributed by atoms with Crippen LogP contribution in [-0.2, 0) is 0 Å². The molecule has 0 aromatic carbocycles. The van der Waals surface area contributed by atoms with Gasteiger partial charge in [-0.3, -0.25) is 4.98 Å². The third-order valence-electron chi connectivity index (χ3n) is 1.98. The minimum atomic E-state index is 0.0856. The Morgan fingerprint density at radius 1 is 1.50 bits per heavy atom. The Morgan fingerprint density at radius 2 is 2.43 bits per heavy atom. The van der Waals surface area contributed by atoms with E-state index in [1.54, 1.807) is 6.20 Å². The molecular weight excluding hydrogens is 196 g/mol. The third-order valence-corrected chi connectivity index (χ3v) is 2.50. The maximum atomic E-state index is 4.08. The molecular formula is C9H10N4S. The molecule has 0 saturated heterocycles. The number of hydrogen-bond acceptors (Lipinski definition) is 5. The van der Waals surface area contributed by atoms with Gasteiger partial charge >= 0.3 is 0 Å². The molecule has 5 heteroatoms. The zero-order valence-corrected chi connectivity index (χ0v) is 8.53. The topological polar surface area (TPSA) is 50.7 Å². The fraction of sp³-hybridized carbons (Fsp3) is 0.222. The van der Waals surface area contributed by atoms with Gasteiger partial charge in [-0.2, -0.15) is 0 Å². The Labute approximate surface area is 86.2 Å². The zero-order chi connectivity index (χ0) is 9.80. The summed E-state index contributed by atoms with van der Waals surface area (Å²) in [4.78, 5) is 4.08. The normalized spacial score (nSPS) is 12.6. The van der Waals surface area contributed by atoms with E-state index < -0.39 is 0 Å². The van der Waals surface area contributed by atoms with E-state index in [2.05, 4.69) is 19.9 Å². The summed E-state index contributed by atoms with van der Waals surface area (Å²) in [6.07, 6.45) is 3.59. The van der Waals surface area contributed by atoms with Crippen LogP contribution in [0.2, 0.25) is 0 Å². The van der Waals surface area contributed by atoms with Crippen molar-refractivity contribution in [1.82, 2.24) is 19.9 Å². The Hall–Kier alpha value is -1.33. The first-order valence-electron chi connectivity index (χ1n) is 4.26. The van der Waals surface area contributed by atoms with E-state index in [0.717, 1.165) is 11.3 Å². The van der Waals surface area contributed by atoms with Crippen molar-refractivity contribution < 1.29 is 0 Å². The van der Waals surface area contributed by atoms with Gasteiger partial charge in [-0.05, 0) is 30.2 Å². The lowest BCUT2D eigenvalue weighted by Crippen LogP contribution is -2.18. The average Bonchev–Trinajstić information content (AvgIpc) is 2.74. The Morgan fingerprint density at radius 3 is 3.00 bits per heavy atom. The quantitative estimate of drug-likeness (QED) is 0.821. The zero-order valence-electron chi connectivity index (χ0n) is 7.71. The molecule has 2 heterocycles. The molecule has 2 rings (SSSR count). The molecule has 0 aliphatic carbocycles. The minimum absolute atomic E-state index is 0.0856. The molecule has 4 nitrogen and oxygen atoms in total. The van der Waals surface area contributed by atoms with Crippen molar-refractivity contribution in [2.45, 2.75) is 6.04 Å². The third kappa shape index (κ3) is 1.78. The van der Waals surface area contributed by atoms with Gasteiger partial charge in [0.1, 0.15) is 0 Å². The van der Waals surface area contributed by atoms with Crippen LogP contribution in [0.15, 0.2) is 29.9 Å². The summed E-state index contributed by atoms with van der Waals surface area (Å²) in [7, 11) is 1.90. The molecule has 14 heavy (non-hydrogen) atoms. The van der Waals surface area contributed by atoms with E-state index >= 15 is 0 Å². The van der Waals surface area contributed by atoms with Crippen molar-refractivity contribution in [3.63, 3.8) is 0 Å². The van der Waals surface area contributed by atoms with Crippen LogP contribution in [0.1, 0.15) is 17.3 Å². The lowest BCUT2D eigenvalue weighted by Gasteiger charge is -2.12. The van der Waals surface area contributed by atoms with Crippen molar-refractivity contribution >= 4 is 11.5 Å². The highest BCUT2D eigenvalue weighted by atomic mass is 32.1. The van der Waals surface area contributed by atoms with Gasteiger partial charge < -0.3 is 5.32 Å². The molecule has 2 aromatic heterocycles. The van der Waals surface area contributed by atoms with Gasteiger partial charge in [0.15, 0.2) is 0 Å². The van der Waals surface area contributed by atoms with Crippen molar-refractivity contribution in [2.24, 2.45) is 0 Å². The van der Waals surface area contributed by atoms with Crippen LogP contribution >= 0.6 is 11.5 Å². The standard InChI is InChI=1S/C9H10N4S/c1-10-9(8-6-14-13-12-8)7-3-2-4-11-5-7/h2-6,9-10H,1H3. The molecule has 0 aliphatic heterocycles. The average molecular weight is 206 g/mol. The van der Waals surface area contributed by atoms with Crippen LogP contribution in [0.25, 0.3) is 0 Å². The van der Waals surface area contributed by atoms with Crippen LogP contribution in [0, 0.1) is 0 Å². The summed E-state index contributed by atoms with van der Waals surface area (Å²) in [6, 6.07) is 4.02. The monoisotopic (exact) mass is 206 g/mol. The van der Waals surface area contributed by atoms with Gasteiger partial charge in [0.05, 0.1) is 11.7 Å². The minimum Gasteiger partial charge on any atom is -0.308 e. The highest BCUT2D eigenvalue weighted by Gasteiger charge is 2.13. The summed E-state index contributed by atoms with van der Waals surface area (Å²) < 4.78 is 3.85. The largest absolute Gasteiger partial charge is 0.308 e. The van der Waals surface area contributed by atoms with E-state index in [9.17, 15) is 0 Å². The fourth-order valence-corrected chi connectivity index (χ4v) is 1.81. The summed E-state index contributed by atoms with van der Waals surface area (Å²) >= 11 is 1.36. The predicted octanol–water partition coefficient (Wildman–Crippen LogP) is 1.24. The number of nitrogens with one attached hydrogen (secondary N) is 1. The number of nitrogens with zero attached hydrogens (tertiary/aromatic N) is 3. The summed E-state index contributed by atoms with van der Waals surface area (Å²) in [5.41, 5.74) is 2.04. The number of hydrogen-bond donors (Lipinski definition) is 1. The second-order valence-electron chi connectivity index (χ2n) is 2.84. The molecule has 0 spiro atoms. The van der Waals surface area contributed by atoms with Crippen molar-refractivity contribution in [3.05, 3.63) is 41.2 Å². The molecule has 2 aromatic rings. The summed E-state index contributed by atoms with van der Waals surface area (Å²) in [5, 5.41) is 9.17. The van der Waals surface area contributed by atoms with Crippen LogP contribution < -0.4 is 5.32 Å². The molecule has 0 fully saturated rings. The Balaban J connectivity index is 2.31. The molecule has 0 bridgehead atoms. The van der Waals surface area contributed by atoms with Gasteiger partial charge in [0.25, 0.3) is 0 Å². The lowest BCUT2D eigenvalue weighted by atomic mass is 10.1. The van der Waals surface area contributed by atoms with Crippen LogP contribution in [-0.4, -0.2) is 21.6 Å². The molecule has 0 radical (unpaired) electrons. The van der Waals surface area contributed by atoms with E-state index in [1.165, 1.54) is 11.5 Å². The van der Waals surface area contributed by atoms with Crippen LogP contribution in [0.3, 0.4) is 0 Å².